The Hall–Kier alpha value is -2.70. The van der Waals surface area contributed by atoms with E-state index < -0.39 is 0 Å². The lowest BCUT2D eigenvalue weighted by molar-refractivity contribution is -0.121. The van der Waals surface area contributed by atoms with E-state index in [1.165, 1.54) is 17.3 Å². The lowest BCUT2D eigenvalue weighted by atomic mass is 10.1. The summed E-state index contributed by atoms with van der Waals surface area (Å²) in [6.45, 7) is 1.11. The largest absolute Gasteiger partial charge is 0.361 e. The van der Waals surface area contributed by atoms with Crippen LogP contribution in [0.15, 0.2) is 36.8 Å². The van der Waals surface area contributed by atoms with Crippen LogP contribution in [0.2, 0.25) is 0 Å². The number of aromatic amines is 1. The number of rotatable bonds is 6. The minimum absolute atomic E-state index is 0.00495. The molecular formula is C14H16N6O. The molecule has 0 radical (unpaired) electrons. The lowest BCUT2D eigenvalue weighted by Gasteiger charge is -2.04. The Morgan fingerprint density at radius 2 is 2.24 bits per heavy atom. The molecule has 0 aliphatic carbocycles. The number of hydrogen-bond donors (Lipinski definition) is 2. The number of amides is 1. The van der Waals surface area contributed by atoms with E-state index in [4.69, 9.17) is 0 Å². The van der Waals surface area contributed by atoms with Crippen molar-refractivity contribution >= 4 is 16.8 Å². The van der Waals surface area contributed by atoms with Crippen molar-refractivity contribution in [2.24, 2.45) is 0 Å². The van der Waals surface area contributed by atoms with Crippen LogP contribution in [0, 0.1) is 0 Å². The topological polar surface area (TPSA) is 88.5 Å². The fraction of sp³-hybridized carbons (Fsp3) is 0.286. The Bertz CT molecular complexity index is 718. The summed E-state index contributed by atoms with van der Waals surface area (Å²) in [5.74, 6) is 0.00495. The van der Waals surface area contributed by atoms with Gasteiger partial charge >= 0.3 is 0 Å². The van der Waals surface area contributed by atoms with Gasteiger partial charge in [-0.2, -0.15) is 0 Å². The zero-order valence-electron chi connectivity index (χ0n) is 11.5. The monoisotopic (exact) mass is 284 g/mol. The molecule has 108 valence electrons. The Balaban J connectivity index is 1.46. The lowest BCUT2D eigenvalue weighted by Crippen LogP contribution is -2.26. The first-order valence-corrected chi connectivity index (χ1v) is 6.85. The van der Waals surface area contributed by atoms with Crippen LogP contribution in [0.5, 0.6) is 0 Å². The van der Waals surface area contributed by atoms with Crippen LogP contribution in [-0.2, 0) is 17.8 Å². The number of carbonyl (C=O) groups is 1. The molecule has 7 heteroatoms. The van der Waals surface area contributed by atoms with Gasteiger partial charge < -0.3 is 10.3 Å². The van der Waals surface area contributed by atoms with E-state index in [1.807, 2.05) is 24.4 Å². The van der Waals surface area contributed by atoms with Crippen LogP contribution < -0.4 is 5.32 Å². The van der Waals surface area contributed by atoms with Gasteiger partial charge in [0.05, 0.1) is 6.54 Å². The Kier molecular flexibility index (Phi) is 3.90. The summed E-state index contributed by atoms with van der Waals surface area (Å²) in [6.07, 6.45) is 4.68. The van der Waals surface area contributed by atoms with Crippen LogP contribution in [0.4, 0.5) is 0 Å². The quantitative estimate of drug-likeness (QED) is 0.704. The van der Waals surface area contributed by atoms with E-state index in [0.29, 0.717) is 19.5 Å². The molecule has 0 aliphatic rings. The SMILES string of the molecule is O=C(CCn1cnnn1)NCCc1c[nH]c2ccccc12. The molecule has 1 aromatic carbocycles. The van der Waals surface area contributed by atoms with Crippen molar-refractivity contribution in [1.29, 1.82) is 0 Å². The number of aryl methyl sites for hydroxylation is 1. The molecule has 0 bridgehead atoms. The molecule has 0 saturated heterocycles. The van der Waals surface area contributed by atoms with Gasteiger partial charge in [0.25, 0.3) is 0 Å². The van der Waals surface area contributed by atoms with E-state index in [2.05, 4.69) is 31.9 Å². The molecule has 0 aliphatic heterocycles. The number of nitrogens with one attached hydrogen (secondary N) is 2. The number of aromatic nitrogens is 5. The number of carbonyl (C=O) groups excluding carboxylic acids is 1. The van der Waals surface area contributed by atoms with Crippen LogP contribution in [0.25, 0.3) is 10.9 Å². The maximum absolute atomic E-state index is 11.7. The molecule has 0 atom stereocenters. The standard InChI is InChI=1S/C14H16N6O/c21-14(6-8-20-10-17-18-19-20)15-7-5-11-9-16-13-4-2-1-3-12(11)13/h1-4,9-10,16H,5-8H2,(H,15,21). The summed E-state index contributed by atoms with van der Waals surface area (Å²) in [7, 11) is 0. The van der Waals surface area contributed by atoms with Gasteiger partial charge in [0.15, 0.2) is 0 Å². The third-order valence-electron chi connectivity index (χ3n) is 3.35. The van der Waals surface area contributed by atoms with Crippen molar-refractivity contribution in [1.82, 2.24) is 30.5 Å². The van der Waals surface area contributed by atoms with Crippen molar-refractivity contribution in [3.63, 3.8) is 0 Å². The Morgan fingerprint density at radius 3 is 3.10 bits per heavy atom. The highest BCUT2D eigenvalue weighted by Crippen LogP contribution is 2.17. The molecule has 7 nitrogen and oxygen atoms in total. The Labute approximate surface area is 121 Å². The summed E-state index contributed by atoms with van der Waals surface area (Å²) in [5, 5.41) is 14.9. The zero-order chi connectivity index (χ0) is 14.5. The highest BCUT2D eigenvalue weighted by molar-refractivity contribution is 5.83. The average Bonchev–Trinajstić information content (AvgIpc) is 3.15. The minimum atomic E-state index is 0.00495. The first kappa shape index (κ1) is 13.3. The zero-order valence-corrected chi connectivity index (χ0v) is 11.5. The van der Waals surface area contributed by atoms with Crippen LogP contribution >= 0.6 is 0 Å². The first-order valence-electron chi connectivity index (χ1n) is 6.85. The molecule has 0 spiro atoms. The molecular weight excluding hydrogens is 268 g/mol. The van der Waals surface area contributed by atoms with Crippen LogP contribution in [0.3, 0.4) is 0 Å². The van der Waals surface area contributed by atoms with Gasteiger partial charge in [-0.25, -0.2) is 4.68 Å². The van der Waals surface area contributed by atoms with Crippen molar-refractivity contribution in [3.8, 4) is 0 Å². The molecule has 21 heavy (non-hydrogen) atoms. The molecule has 3 aromatic rings. The molecule has 2 aromatic heterocycles. The molecule has 2 heterocycles. The number of para-hydroxylation sites is 1. The van der Waals surface area contributed by atoms with Gasteiger partial charge in [0.2, 0.25) is 5.91 Å². The van der Waals surface area contributed by atoms with E-state index in [9.17, 15) is 4.79 Å². The third-order valence-corrected chi connectivity index (χ3v) is 3.35. The summed E-state index contributed by atoms with van der Waals surface area (Å²) in [5.41, 5.74) is 2.34. The highest BCUT2D eigenvalue weighted by Gasteiger charge is 2.05. The molecule has 3 rings (SSSR count). The van der Waals surface area contributed by atoms with E-state index >= 15 is 0 Å². The van der Waals surface area contributed by atoms with Gasteiger partial charge in [-0.1, -0.05) is 18.2 Å². The van der Waals surface area contributed by atoms with Crippen molar-refractivity contribution < 1.29 is 4.79 Å². The van der Waals surface area contributed by atoms with Gasteiger partial charge in [-0.3, -0.25) is 4.79 Å². The number of tetrazole rings is 1. The summed E-state index contributed by atoms with van der Waals surface area (Å²) in [4.78, 5) is 15.0. The van der Waals surface area contributed by atoms with E-state index in [1.54, 1.807) is 4.68 Å². The summed E-state index contributed by atoms with van der Waals surface area (Å²) < 4.78 is 1.54. The maximum atomic E-state index is 11.7. The maximum Gasteiger partial charge on any atom is 0.221 e. The average molecular weight is 284 g/mol. The fourth-order valence-electron chi connectivity index (χ4n) is 2.26. The number of nitrogens with zero attached hydrogens (tertiary/aromatic N) is 4. The van der Waals surface area contributed by atoms with Gasteiger partial charge in [0, 0.05) is 30.1 Å². The second-order valence-electron chi connectivity index (χ2n) is 4.78. The number of fused-ring (bicyclic) bond motifs is 1. The second kappa shape index (κ2) is 6.17. The third kappa shape index (κ3) is 3.25. The van der Waals surface area contributed by atoms with Gasteiger partial charge in [-0.15, -0.1) is 5.10 Å². The smallest absolute Gasteiger partial charge is 0.221 e. The van der Waals surface area contributed by atoms with Gasteiger partial charge in [0.1, 0.15) is 6.33 Å². The number of hydrogen-bond acceptors (Lipinski definition) is 4. The number of H-pyrrole nitrogens is 1. The summed E-state index contributed by atoms with van der Waals surface area (Å²) >= 11 is 0. The molecule has 1 amide bonds. The van der Waals surface area contributed by atoms with Crippen LogP contribution in [-0.4, -0.2) is 37.6 Å². The van der Waals surface area contributed by atoms with Crippen molar-refractivity contribution in [2.75, 3.05) is 6.54 Å². The normalized spacial score (nSPS) is 10.9. The Morgan fingerprint density at radius 1 is 1.33 bits per heavy atom. The van der Waals surface area contributed by atoms with Crippen molar-refractivity contribution in [3.05, 3.63) is 42.4 Å². The predicted octanol–water partition coefficient (Wildman–Crippen LogP) is 0.903. The number of benzene rings is 1. The minimum Gasteiger partial charge on any atom is -0.361 e. The van der Waals surface area contributed by atoms with Crippen molar-refractivity contribution in [2.45, 2.75) is 19.4 Å². The fourth-order valence-corrected chi connectivity index (χ4v) is 2.26. The molecule has 2 N–H and O–H groups in total. The van der Waals surface area contributed by atoms with E-state index in [-0.39, 0.29) is 5.91 Å². The van der Waals surface area contributed by atoms with Crippen LogP contribution in [0.1, 0.15) is 12.0 Å². The predicted molar refractivity (Wildman–Crippen MR) is 77.4 cm³/mol. The molecule has 0 fully saturated rings. The first-order chi connectivity index (χ1) is 10.3. The molecule has 0 saturated carbocycles. The second-order valence-corrected chi connectivity index (χ2v) is 4.78. The summed E-state index contributed by atoms with van der Waals surface area (Å²) in [6, 6.07) is 8.15. The highest BCUT2D eigenvalue weighted by atomic mass is 16.1. The van der Waals surface area contributed by atoms with Gasteiger partial charge in [-0.05, 0) is 28.5 Å². The van der Waals surface area contributed by atoms with E-state index in [0.717, 1.165) is 11.9 Å². The molecule has 0 unspecified atom stereocenters.